The summed E-state index contributed by atoms with van der Waals surface area (Å²) in [5, 5.41) is 8.86. The predicted octanol–water partition coefficient (Wildman–Crippen LogP) is 1.43. The van der Waals surface area contributed by atoms with Crippen LogP contribution in [0, 0.1) is 0 Å². The van der Waals surface area contributed by atoms with Crippen molar-refractivity contribution in [3.8, 4) is 0 Å². The van der Waals surface area contributed by atoms with E-state index in [0.717, 1.165) is 17.0 Å². The van der Waals surface area contributed by atoms with Crippen molar-refractivity contribution in [3.05, 3.63) is 16.8 Å². The van der Waals surface area contributed by atoms with Gasteiger partial charge in [-0.25, -0.2) is 0 Å². The summed E-state index contributed by atoms with van der Waals surface area (Å²) >= 11 is 0. The van der Waals surface area contributed by atoms with Crippen molar-refractivity contribution < 1.29 is 0 Å². The van der Waals surface area contributed by atoms with Crippen LogP contribution in [0.4, 0.5) is 0 Å². The second-order valence-electron chi connectivity index (χ2n) is 2.40. The molecule has 0 aliphatic rings. The van der Waals surface area contributed by atoms with Gasteiger partial charge in [0.2, 0.25) is 0 Å². The van der Waals surface area contributed by atoms with Crippen LogP contribution in [0.15, 0.2) is 6.20 Å². The Morgan fingerprint density at radius 2 is 2.17 bits per heavy atom. The third kappa shape index (κ3) is 2.53. The van der Waals surface area contributed by atoms with Gasteiger partial charge in [0.25, 0.3) is 0 Å². The van der Waals surface area contributed by atoms with Gasteiger partial charge in [0.15, 0.2) is 0 Å². The van der Waals surface area contributed by atoms with Crippen molar-refractivity contribution in [3.63, 3.8) is 0 Å². The Balaban J connectivity index is 0.000000561. The molecule has 0 radical (unpaired) electrons. The maximum Gasteiger partial charge on any atom is 0.0633 e. The Labute approximate surface area is 74.0 Å². The molecule has 0 aliphatic heterocycles. The SMILES string of the molecule is C=c1cn[nH]/c1=C(/C)CC.CC. The number of rotatable bonds is 1. The van der Waals surface area contributed by atoms with Gasteiger partial charge in [-0.05, 0) is 18.9 Å². The van der Waals surface area contributed by atoms with Crippen LogP contribution in [-0.2, 0) is 0 Å². The van der Waals surface area contributed by atoms with Crippen molar-refractivity contribution in [2.45, 2.75) is 34.1 Å². The third-order valence-electron chi connectivity index (χ3n) is 1.67. The molecule has 0 saturated carbocycles. The molecule has 0 atom stereocenters. The highest BCUT2D eigenvalue weighted by Crippen LogP contribution is 1.92. The maximum absolute atomic E-state index is 3.88. The second kappa shape index (κ2) is 5.58. The van der Waals surface area contributed by atoms with E-state index in [0.29, 0.717) is 0 Å². The molecule has 0 unspecified atom stereocenters. The highest BCUT2D eigenvalue weighted by atomic mass is 15.1. The summed E-state index contributed by atoms with van der Waals surface area (Å²) in [6.07, 6.45) is 2.79. The fourth-order valence-corrected chi connectivity index (χ4v) is 0.857. The molecule has 1 heterocycles. The molecule has 0 saturated heterocycles. The number of aromatic amines is 1. The zero-order valence-corrected chi connectivity index (χ0v) is 8.44. The van der Waals surface area contributed by atoms with E-state index in [9.17, 15) is 0 Å². The molecular formula is C10H18N2. The van der Waals surface area contributed by atoms with Gasteiger partial charge in [-0.15, -0.1) is 0 Å². The molecule has 1 aromatic heterocycles. The minimum atomic E-state index is 0.986. The van der Waals surface area contributed by atoms with Crippen LogP contribution >= 0.6 is 0 Å². The Bertz CT molecular complexity index is 309. The monoisotopic (exact) mass is 166 g/mol. The lowest BCUT2D eigenvalue weighted by Gasteiger charge is -1.88. The number of aromatic nitrogens is 2. The molecule has 0 aromatic carbocycles. The van der Waals surface area contributed by atoms with E-state index in [1.165, 1.54) is 5.57 Å². The summed E-state index contributed by atoms with van der Waals surface area (Å²) in [6.45, 7) is 12.0. The van der Waals surface area contributed by atoms with Crippen molar-refractivity contribution in [1.29, 1.82) is 0 Å². The standard InChI is InChI=1S/C8H12N2.C2H6/c1-4-6(2)8-7(3)5-9-10-8;1-2/h5,10H,3-4H2,1-2H3;1-2H3/b8-6-;. The van der Waals surface area contributed by atoms with Gasteiger partial charge in [0.1, 0.15) is 0 Å². The van der Waals surface area contributed by atoms with Crippen molar-refractivity contribution in [2.75, 3.05) is 0 Å². The van der Waals surface area contributed by atoms with E-state index >= 15 is 0 Å². The van der Waals surface area contributed by atoms with Gasteiger partial charge in [-0.1, -0.05) is 27.4 Å². The summed E-state index contributed by atoms with van der Waals surface area (Å²) in [7, 11) is 0. The predicted molar refractivity (Wildman–Crippen MR) is 54.1 cm³/mol. The molecule has 0 aliphatic carbocycles. The van der Waals surface area contributed by atoms with E-state index < -0.39 is 0 Å². The van der Waals surface area contributed by atoms with Gasteiger partial charge in [-0.3, -0.25) is 5.10 Å². The summed E-state index contributed by atoms with van der Waals surface area (Å²) < 4.78 is 0. The molecule has 0 amide bonds. The quantitative estimate of drug-likeness (QED) is 0.671. The zero-order valence-electron chi connectivity index (χ0n) is 8.44. The first kappa shape index (κ1) is 11.0. The fourth-order valence-electron chi connectivity index (χ4n) is 0.857. The van der Waals surface area contributed by atoms with Crippen LogP contribution in [0.1, 0.15) is 34.1 Å². The van der Waals surface area contributed by atoms with Gasteiger partial charge >= 0.3 is 0 Å². The minimum absolute atomic E-state index is 0.986. The lowest BCUT2D eigenvalue weighted by atomic mass is 10.2. The topological polar surface area (TPSA) is 28.7 Å². The highest BCUT2D eigenvalue weighted by Gasteiger charge is 1.88. The maximum atomic E-state index is 3.88. The Morgan fingerprint density at radius 3 is 2.50 bits per heavy atom. The molecule has 0 spiro atoms. The van der Waals surface area contributed by atoms with Crippen molar-refractivity contribution in [1.82, 2.24) is 10.2 Å². The van der Waals surface area contributed by atoms with Crippen LogP contribution < -0.4 is 10.6 Å². The molecule has 1 N–H and O–H groups in total. The first-order chi connectivity index (χ1) is 5.75. The van der Waals surface area contributed by atoms with E-state index in [1.807, 2.05) is 13.8 Å². The Morgan fingerprint density at radius 1 is 1.58 bits per heavy atom. The lowest BCUT2D eigenvalue weighted by Crippen LogP contribution is -2.22. The van der Waals surface area contributed by atoms with Gasteiger partial charge < -0.3 is 0 Å². The first-order valence-corrected chi connectivity index (χ1v) is 4.43. The summed E-state index contributed by atoms with van der Waals surface area (Å²) in [6, 6.07) is 0. The molecule has 2 heteroatoms. The average Bonchev–Trinajstić information content (AvgIpc) is 2.54. The van der Waals surface area contributed by atoms with Crippen LogP contribution in [0.2, 0.25) is 0 Å². The number of nitrogens with zero attached hydrogens (tertiary/aromatic N) is 1. The molecular weight excluding hydrogens is 148 g/mol. The number of hydrogen-bond acceptors (Lipinski definition) is 1. The van der Waals surface area contributed by atoms with Gasteiger partial charge in [0, 0.05) is 5.22 Å². The van der Waals surface area contributed by atoms with Crippen molar-refractivity contribution >= 4 is 12.2 Å². The Hall–Kier alpha value is -1.05. The van der Waals surface area contributed by atoms with Gasteiger partial charge in [0.05, 0.1) is 11.5 Å². The van der Waals surface area contributed by atoms with E-state index in [-0.39, 0.29) is 0 Å². The minimum Gasteiger partial charge on any atom is -0.278 e. The average molecular weight is 166 g/mol. The molecule has 0 fully saturated rings. The summed E-state index contributed by atoms with van der Waals surface area (Å²) in [5.74, 6) is 0. The number of H-pyrrole nitrogens is 1. The first-order valence-electron chi connectivity index (χ1n) is 4.43. The van der Waals surface area contributed by atoms with Crippen LogP contribution in [0.25, 0.3) is 12.2 Å². The molecule has 12 heavy (non-hydrogen) atoms. The highest BCUT2D eigenvalue weighted by molar-refractivity contribution is 5.38. The van der Waals surface area contributed by atoms with E-state index in [1.54, 1.807) is 6.20 Å². The zero-order chi connectivity index (χ0) is 9.56. The molecule has 0 bridgehead atoms. The second-order valence-corrected chi connectivity index (χ2v) is 2.40. The van der Waals surface area contributed by atoms with Gasteiger partial charge in [-0.2, -0.15) is 5.10 Å². The molecule has 68 valence electrons. The summed E-state index contributed by atoms with van der Waals surface area (Å²) in [5.41, 5.74) is 1.31. The number of hydrogen-bond donors (Lipinski definition) is 1. The normalized spacial score (nSPS) is 11.7. The summed E-state index contributed by atoms with van der Waals surface area (Å²) in [4.78, 5) is 0. The molecule has 1 aromatic rings. The lowest BCUT2D eigenvalue weighted by molar-refractivity contribution is 1.04. The van der Waals surface area contributed by atoms with Crippen molar-refractivity contribution in [2.24, 2.45) is 0 Å². The largest absolute Gasteiger partial charge is 0.278 e. The Kier molecular flexibility index (Phi) is 5.09. The van der Waals surface area contributed by atoms with Crippen LogP contribution in [-0.4, -0.2) is 10.2 Å². The molecule has 2 nitrogen and oxygen atoms in total. The van der Waals surface area contributed by atoms with Crippen LogP contribution in [0.5, 0.6) is 0 Å². The van der Waals surface area contributed by atoms with E-state index in [4.69, 9.17) is 0 Å². The number of nitrogens with one attached hydrogen (secondary N) is 1. The van der Waals surface area contributed by atoms with Crippen LogP contribution in [0.3, 0.4) is 0 Å². The smallest absolute Gasteiger partial charge is 0.0633 e. The van der Waals surface area contributed by atoms with E-state index in [2.05, 4.69) is 30.6 Å². The fraction of sp³-hybridized carbons (Fsp3) is 0.500. The molecule has 1 rings (SSSR count). The third-order valence-corrected chi connectivity index (χ3v) is 1.67.